The quantitative estimate of drug-likeness (QED) is 0.307. The van der Waals surface area contributed by atoms with Gasteiger partial charge in [-0.2, -0.15) is 0 Å². The summed E-state index contributed by atoms with van der Waals surface area (Å²) >= 11 is 0. The van der Waals surface area contributed by atoms with Gasteiger partial charge in [-0.15, -0.1) is 0 Å². The predicted octanol–water partition coefficient (Wildman–Crippen LogP) is 0.240. The Morgan fingerprint density at radius 2 is 2.19 bits per heavy atom. The van der Waals surface area contributed by atoms with Gasteiger partial charge in [-0.05, 0) is 27.3 Å². The van der Waals surface area contributed by atoms with Crippen molar-refractivity contribution in [2.75, 3.05) is 26.7 Å². The van der Waals surface area contributed by atoms with Gasteiger partial charge in [-0.3, -0.25) is 10.3 Å². The lowest BCUT2D eigenvalue weighted by atomic mass is 10.1. The summed E-state index contributed by atoms with van der Waals surface area (Å²) in [4.78, 5) is 9.15. The molecule has 0 aromatic rings. The van der Waals surface area contributed by atoms with E-state index >= 15 is 0 Å². The molecule has 5 nitrogen and oxygen atoms in total. The molecule has 3 N–H and O–H groups in total. The van der Waals surface area contributed by atoms with E-state index in [-0.39, 0.29) is 6.04 Å². The summed E-state index contributed by atoms with van der Waals surface area (Å²) in [6.45, 7) is 9.40. The Labute approximate surface area is 98.7 Å². The molecule has 1 aliphatic heterocycles. The molecule has 1 rings (SSSR count). The highest BCUT2D eigenvalue weighted by molar-refractivity contribution is 5.79. The second-order valence-electron chi connectivity index (χ2n) is 4.68. The van der Waals surface area contributed by atoms with Gasteiger partial charge < -0.3 is 4.90 Å². The summed E-state index contributed by atoms with van der Waals surface area (Å²) in [7, 11) is 2.18. The van der Waals surface area contributed by atoms with Crippen molar-refractivity contribution < 1.29 is 0 Å². The lowest BCUT2D eigenvalue weighted by Crippen LogP contribution is -2.57. The molecule has 0 radical (unpaired) electrons. The van der Waals surface area contributed by atoms with E-state index in [4.69, 9.17) is 5.84 Å². The number of nitrogens with two attached hydrogens (primary N) is 1. The van der Waals surface area contributed by atoms with Crippen LogP contribution in [0.1, 0.15) is 27.2 Å². The standard InChI is InChI=1S/C11H25N5/c1-5-10-8-16(7-6-15(10)4)11(14-12)13-9(2)3/h9-10H,5-8,12H2,1-4H3,(H,13,14). The summed E-state index contributed by atoms with van der Waals surface area (Å²) in [5.41, 5.74) is 2.72. The van der Waals surface area contributed by atoms with Crippen molar-refractivity contribution in [1.29, 1.82) is 0 Å². The minimum absolute atomic E-state index is 0.269. The highest BCUT2D eigenvalue weighted by Gasteiger charge is 2.24. The van der Waals surface area contributed by atoms with E-state index in [2.05, 4.69) is 48.0 Å². The molecular weight excluding hydrogens is 202 g/mol. The Morgan fingerprint density at radius 3 is 2.69 bits per heavy atom. The van der Waals surface area contributed by atoms with Crippen LogP contribution in [0.25, 0.3) is 0 Å². The molecule has 1 saturated heterocycles. The van der Waals surface area contributed by atoms with Crippen molar-refractivity contribution in [3.8, 4) is 0 Å². The Bertz CT molecular complexity index is 239. The van der Waals surface area contributed by atoms with Gasteiger partial charge in [0.1, 0.15) is 0 Å². The lowest BCUT2D eigenvalue weighted by molar-refractivity contribution is 0.135. The topological polar surface area (TPSA) is 56.9 Å². The zero-order valence-electron chi connectivity index (χ0n) is 10.9. The number of likely N-dealkylation sites (N-methyl/N-ethyl adjacent to an activating group) is 1. The average molecular weight is 227 g/mol. The van der Waals surface area contributed by atoms with Gasteiger partial charge in [0.25, 0.3) is 0 Å². The van der Waals surface area contributed by atoms with Gasteiger partial charge in [0, 0.05) is 31.7 Å². The van der Waals surface area contributed by atoms with Crippen LogP contribution in [0.4, 0.5) is 0 Å². The van der Waals surface area contributed by atoms with Crippen molar-refractivity contribution in [3.63, 3.8) is 0 Å². The smallest absolute Gasteiger partial charge is 0.208 e. The summed E-state index contributed by atoms with van der Waals surface area (Å²) in [6, 6.07) is 0.866. The van der Waals surface area contributed by atoms with E-state index in [1.807, 2.05) is 0 Å². The fraction of sp³-hybridized carbons (Fsp3) is 0.909. The van der Waals surface area contributed by atoms with Crippen LogP contribution in [0.3, 0.4) is 0 Å². The van der Waals surface area contributed by atoms with Gasteiger partial charge >= 0.3 is 0 Å². The maximum Gasteiger partial charge on any atom is 0.208 e. The Hall–Kier alpha value is -0.810. The minimum Gasteiger partial charge on any atom is -0.339 e. The van der Waals surface area contributed by atoms with Crippen LogP contribution in [0, 0.1) is 0 Å². The van der Waals surface area contributed by atoms with Crippen molar-refractivity contribution in [1.82, 2.24) is 15.2 Å². The molecule has 0 spiro atoms. The van der Waals surface area contributed by atoms with Crippen LogP contribution >= 0.6 is 0 Å². The number of nitrogens with one attached hydrogen (secondary N) is 1. The average Bonchev–Trinajstić information content (AvgIpc) is 2.26. The Morgan fingerprint density at radius 1 is 1.50 bits per heavy atom. The molecular formula is C11H25N5. The maximum atomic E-state index is 5.54. The SMILES string of the molecule is CCC1CN(C(=NC(C)C)NN)CCN1C. The largest absolute Gasteiger partial charge is 0.339 e. The monoisotopic (exact) mass is 227 g/mol. The van der Waals surface area contributed by atoms with Gasteiger partial charge in [0.2, 0.25) is 5.96 Å². The Balaban J connectivity index is 2.66. The first-order valence-corrected chi connectivity index (χ1v) is 6.08. The third-order valence-corrected chi connectivity index (χ3v) is 3.06. The van der Waals surface area contributed by atoms with Gasteiger partial charge in [0.05, 0.1) is 0 Å². The fourth-order valence-electron chi connectivity index (χ4n) is 2.03. The third kappa shape index (κ3) is 3.35. The molecule has 1 fully saturated rings. The van der Waals surface area contributed by atoms with E-state index in [0.29, 0.717) is 6.04 Å². The molecule has 1 heterocycles. The number of hydrogen-bond donors (Lipinski definition) is 2. The van der Waals surface area contributed by atoms with E-state index in [0.717, 1.165) is 32.0 Å². The van der Waals surface area contributed by atoms with Crippen LogP contribution in [0.2, 0.25) is 0 Å². The molecule has 0 aromatic carbocycles. The number of aliphatic imine (C=N–C) groups is 1. The molecule has 0 bridgehead atoms. The van der Waals surface area contributed by atoms with E-state index in [1.165, 1.54) is 0 Å². The summed E-state index contributed by atoms with van der Waals surface area (Å²) in [6.07, 6.45) is 1.16. The number of guanidine groups is 1. The second kappa shape index (κ2) is 6.06. The molecule has 5 heteroatoms. The molecule has 1 aliphatic rings. The molecule has 0 saturated carbocycles. The third-order valence-electron chi connectivity index (χ3n) is 3.06. The molecule has 0 aromatic heterocycles. The molecule has 0 amide bonds. The lowest BCUT2D eigenvalue weighted by Gasteiger charge is -2.40. The molecule has 0 aliphatic carbocycles. The first-order chi connectivity index (χ1) is 7.58. The summed E-state index contributed by atoms with van der Waals surface area (Å²) in [5, 5.41) is 0. The number of hydrazine groups is 1. The normalized spacial score (nSPS) is 24.0. The zero-order chi connectivity index (χ0) is 12.1. The first-order valence-electron chi connectivity index (χ1n) is 6.08. The Kier molecular flexibility index (Phi) is 5.02. The highest BCUT2D eigenvalue weighted by atomic mass is 15.4. The van der Waals surface area contributed by atoms with E-state index in [9.17, 15) is 0 Å². The van der Waals surface area contributed by atoms with E-state index < -0.39 is 0 Å². The van der Waals surface area contributed by atoms with Crippen molar-refractivity contribution in [3.05, 3.63) is 0 Å². The summed E-state index contributed by atoms with van der Waals surface area (Å²) in [5.74, 6) is 6.36. The van der Waals surface area contributed by atoms with Crippen molar-refractivity contribution in [2.45, 2.75) is 39.3 Å². The van der Waals surface area contributed by atoms with Crippen molar-refractivity contribution >= 4 is 5.96 Å². The maximum absolute atomic E-state index is 5.54. The minimum atomic E-state index is 0.269. The number of rotatable bonds is 2. The highest BCUT2D eigenvalue weighted by Crippen LogP contribution is 2.10. The van der Waals surface area contributed by atoms with Gasteiger partial charge in [0.15, 0.2) is 0 Å². The van der Waals surface area contributed by atoms with Crippen LogP contribution in [-0.4, -0.2) is 54.5 Å². The first kappa shape index (κ1) is 13.3. The molecule has 1 unspecified atom stereocenters. The molecule has 1 atom stereocenters. The predicted molar refractivity (Wildman–Crippen MR) is 68.2 cm³/mol. The fourth-order valence-corrected chi connectivity index (χ4v) is 2.03. The van der Waals surface area contributed by atoms with Crippen LogP contribution in [-0.2, 0) is 0 Å². The van der Waals surface area contributed by atoms with E-state index in [1.54, 1.807) is 0 Å². The van der Waals surface area contributed by atoms with Crippen molar-refractivity contribution in [2.24, 2.45) is 10.8 Å². The van der Waals surface area contributed by atoms with Gasteiger partial charge in [-0.25, -0.2) is 10.8 Å². The number of hydrogen-bond acceptors (Lipinski definition) is 3. The van der Waals surface area contributed by atoms with Crippen LogP contribution in [0.5, 0.6) is 0 Å². The number of piperazine rings is 1. The summed E-state index contributed by atoms with van der Waals surface area (Å²) < 4.78 is 0. The molecule has 16 heavy (non-hydrogen) atoms. The zero-order valence-corrected chi connectivity index (χ0v) is 10.9. The second-order valence-corrected chi connectivity index (χ2v) is 4.68. The van der Waals surface area contributed by atoms with Gasteiger partial charge in [-0.1, -0.05) is 6.92 Å². The van der Waals surface area contributed by atoms with Crippen LogP contribution < -0.4 is 11.3 Å². The number of nitrogens with zero attached hydrogens (tertiary/aromatic N) is 3. The van der Waals surface area contributed by atoms with Crippen LogP contribution in [0.15, 0.2) is 4.99 Å². The molecule has 94 valence electrons.